The molecule has 0 saturated heterocycles. The molecule has 0 aliphatic carbocycles. The molecule has 0 atom stereocenters. The van der Waals surface area contributed by atoms with Crippen LogP contribution in [0.3, 0.4) is 0 Å². The molecule has 1 aromatic carbocycles. The highest BCUT2D eigenvalue weighted by atomic mass is 32.2. The van der Waals surface area contributed by atoms with Crippen molar-refractivity contribution in [3.63, 3.8) is 0 Å². The number of sulfonamides is 1. The van der Waals surface area contributed by atoms with Gasteiger partial charge in [-0.3, -0.25) is 4.79 Å². The van der Waals surface area contributed by atoms with E-state index in [0.29, 0.717) is 12.3 Å². The summed E-state index contributed by atoms with van der Waals surface area (Å²) in [6.07, 6.45) is 1.68. The minimum atomic E-state index is -3.62. The number of unbranched alkanes of at least 4 members (excludes halogenated alkanes) is 1. The van der Waals surface area contributed by atoms with Crippen molar-refractivity contribution in [3.8, 4) is 0 Å². The lowest BCUT2D eigenvalue weighted by Crippen LogP contribution is -2.28. The number of aryl methyl sites for hydroxylation is 1. The van der Waals surface area contributed by atoms with Gasteiger partial charge >= 0.3 is 0 Å². The summed E-state index contributed by atoms with van der Waals surface area (Å²) in [6, 6.07) is 7.52. The first-order valence-electron chi connectivity index (χ1n) is 7.65. The highest BCUT2D eigenvalue weighted by Crippen LogP contribution is 2.17. The molecule has 1 amide bonds. The van der Waals surface area contributed by atoms with Gasteiger partial charge in [0.05, 0.1) is 4.90 Å². The molecular formula is C16H21N3O4S. The number of nitrogens with one attached hydrogen (secondary N) is 1. The Morgan fingerprint density at radius 2 is 2.08 bits per heavy atom. The van der Waals surface area contributed by atoms with E-state index in [4.69, 9.17) is 4.52 Å². The summed E-state index contributed by atoms with van der Waals surface area (Å²) in [4.78, 5) is 12.3. The van der Waals surface area contributed by atoms with E-state index in [1.807, 2.05) is 6.92 Å². The van der Waals surface area contributed by atoms with Crippen LogP contribution in [-0.4, -0.2) is 37.4 Å². The molecule has 8 heteroatoms. The minimum absolute atomic E-state index is 0.0880. The Morgan fingerprint density at radius 3 is 2.71 bits per heavy atom. The number of anilines is 1. The Kier molecular flexibility index (Phi) is 5.74. The normalized spacial score (nSPS) is 11.7. The molecule has 0 aliphatic rings. The van der Waals surface area contributed by atoms with Gasteiger partial charge in [-0.2, -0.15) is 0 Å². The summed E-state index contributed by atoms with van der Waals surface area (Å²) in [5, 5.41) is 6.25. The molecule has 1 N–H and O–H groups in total. The fourth-order valence-corrected chi connectivity index (χ4v) is 3.35. The molecule has 1 heterocycles. The fraction of sp³-hybridized carbons (Fsp3) is 0.375. The monoisotopic (exact) mass is 351 g/mol. The third kappa shape index (κ3) is 4.21. The van der Waals surface area contributed by atoms with Crippen molar-refractivity contribution in [2.75, 3.05) is 18.9 Å². The first-order chi connectivity index (χ1) is 11.3. The third-order valence-corrected chi connectivity index (χ3v) is 5.35. The Labute approximate surface area is 141 Å². The van der Waals surface area contributed by atoms with E-state index in [9.17, 15) is 13.2 Å². The number of benzene rings is 1. The molecule has 0 radical (unpaired) electrons. The SMILES string of the molecule is CCCCN(C)S(=O)(=O)c1cccc(C(=O)Nc2cc(C)on2)c1. The van der Waals surface area contributed by atoms with E-state index >= 15 is 0 Å². The molecule has 130 valence electrons. The van der Waals surface area contributed by atoms with Gasteiger partial charge in [-0.15, -0.1) is 0 Å². The van der Waals surface area contributed by atoms with Crippen molar-refractivity contribution in [3.05, 3.63) is 41.7 Å². The maximum Gasteiger partial charge on any atom is 0.256 e. The Bertz CT molecular complexity index is 814. The van der Waals surface area contributed by atoms with E-state index in [2.05, 4.69) is 10.5 Å². The third-order valence-electron chi connectivity index (χ3n) is 3.50. The van der Waals surface area contributed by atoms with Crippen LogP contribution in [0.5, 0.6) is 0 Å². The molecule has 0 aliphatic heterocycles. The fourth-order valence-electron chi connectivity index (χ4n) is 2.09. The highest BCUT2D eigenvalue weighted by molar-refractivity contribution is 7.89. The maximum atomic E-state index is 12.5. The van der Waals surface area contributed by atoms with Crippen LogP contribution in [-0.2, 0) is 10.0 Å². The van der Waals surface area contributed by atoms with Gasteiger partial charge in [0.25, 0.3) is 5.91 Å². The molecule has 0 spiro atoms. The van der Waals surface area contributed by atoms with Crippen molar-refractivity contribution in [2.45, 2.75) is 31.6 Å². The second kappa shape index (κ2) is 7.59. The van der Waals surface area contributed by atoms with Crippen molar-refractivity contribution < 1.29 is 17.7 Å². The van der Waals surface area contributed by atoms with E-state index in [0.717, 1.165) is 12.8 Å². The van der Waals surface area contributed by atoms with Gasteiger partial charge in [0.1, 0.15) is 5.76 Å². The van der Waals surface area contributed by atoms with Crippen LogP contribution < -0.4 is 5.32 Å². The summed E-state index contributed by atoms with van der Waals surface area (Å²) in [7, 11) is -2.08. The van der Waals surface area contributed by atoms with Crippen LogP contribution in [0.4, 0.5) is 5.82 Å². The molecular weight excluding hydrogens is 330 g/mol. The number of hydrogen-bond acceptors (Lipinski definition) is 5. The number of nitrogens with zero attached hydrogens (tertiary/aromatic N) is 2. The molecule has 1 aromatic heterocycles. The lowest BCUT2D eigenvalue weighted by Gasteiger charge is -2.17. The Morgan fingerprint density at radius 1 is 1.33 bits per heavy atom. The van der Waals surface area contributed by atoms with E-state index in [1.54, 1.807) is 25.1 Å². The topological polar surface area (TPSA) is 92.5 Å². The van der Waals surface area contributed by atoms with E-state index in [-0.39, 0.29) is 16.3 Å². The molecule has 24 heavy (non-hydrogen) atoms. The van der Waals surface area contributed by atoms with Gasteiger partial charge in [-0.05, 0) is 31.5 Å². The molecule has 7 nitrogen and oxygen atoms in total. The molecule has 2 aromatic rings. The van der Waals surface area contributed by atoms with Crippen molar-refractivity contribution in [1.82, 2.24) is 9.46 Å². The van der Waals surface area contributed by atoms with E-state index in [1.165, 1.54) is 23.5 Å². The summed E-state index contributed by atoms with van der Waals surface area (Å²) >= 11 is 0. The highest BCUT2D eigenvalue weighted by Gasteiger charge is 2.21. The number of amides is 1. The van der Waals surface area contributed by atoms with Crippen LogP contribution in [0.25, 0.3) is 0 Å². The molecule has 0 saturated carbocycles. The summed E-state index contributed by atoms with van der Waals surface area (Å²) in [5.41, 5.74) is 0.237. The van der Waals surface area contributed by atoms with Crippen molar-refractivity contribution in [2.24, 2.45) is 0 Å². The van der Waals surface area contributed by atoms with Gasteiger partial charge in [0.2, 0.25) is 10.0 Å². The van der Waals surface area contributed by atoms with Crippen LogP contribution in [0.1, 0.15) is 35.9 Å². The first-order valence-corrected chi connectivity index (χ1v) is 9.09. The summed E-state index contributed by atoms with van der Waals surface area (Å²) < 4.78 is 31.3. The number of carbonyl (C=O) groups is 1. The lowest BCUT2D eigenvalue weighted by atomic mass is 10.2. The van der Waals surface area contributed by atoms with Crippen molar-refractivity contribution in [1.29, 1.82) is 0 Å². The summed E-state index contributed by atoms with van der Waals surface area (Å²) in [5.74, 6) is 0.404. The van der Waals surface area contributed by atoms with Gasteiger partial charge in [0, 0.05) is 25.2 Å². The standard InChI is InChI=1S/C16H21N3O4S/c1-4-5-9-19(3)24(21,22)14-8-6-7-13(11-14)16(20)17-15-10-12(2)23-18-15/h6-8,10-11H,4-5,9H2,1-3H3,(H,17,18,20). The van der Waals surface area contributed by atoms with Crippen LogP contribution >= 0.6 is 0 Å². The zero-order valence-corrected chi connectivity index (χ0v) is 14.8. The van der Waals surface area contributed by atoms with Crippen LogP contribution in [0, 0.1) is 6.92 Å². The van der Waals surface area contributed by atoms with Gasteiger partial charge < -0.3 is 9.84 Å². The number of hydrogen-bond donors (Lipinski definition) is 1. The minimum Gasteiger partial charge on any atom is -0.360 e. The lowest BCUT2D eigenvalue weighted by molar-refractivity contribution is 0.102. The average molecular weight is 351 g/mol. The molecule has 0 bridgehead atoms. The predicted molar refractivity (Wildman–Crippen MR) is 90.4 cm³/mol. The average Bonchev–Trinajstić information content (AvgIpc) is 2.97. The zero-order chi connectivity index (χ0) is 17.7. The van der Waals surface area contributed by atoms with E-state index < -0.39 is 15.9 Å². The van der Waals surface area contributed by atoms with Gasteiger partial charge in [-0.1, -0.05) is 24.6 Å². The van der Waals surface area contributed by atoms with Crippen LogP contribution in [0.2, 0.25) is 0 Å². The van der Waals surface area contributed by atoms with Crippen LogP contribution in [0.15, 0.2) is 39.8 Å². The zero-order valence-electron chi connectivity index (χ0n) is 13.9. The van der Waals surface area contributed by atoms with Crippen molar-refractivity contribution >= 4 is 21.7 Å². The van der Waals surface area contributed by atoms with Gasteiger partial charge in [-0.25, -0.2) is 12.7 Å². The smallest absolute Gasteiger partial charge is 0.256 e. The Balaban J connectivity index is 2.20. The second-order valence-electron chi connectivity index (χ2n) is 5.48. The molecule has 0 fully saturated rings. The molecule has 2 rings (SSSR count). The quantitative estimate of drug-likeness (QED) is 0.828. The van der Waals surface area contributed by atoms with Gasteiger partial charge in [0.15, 0.2) is 5.82 Å². The second-order valence-corrected chi connectivity index (χ2v) is 7.53. The number of aromatic nitrogens is 1. The predicted octanol–water partition coefficient (Wildman–Crippen LogP) is 2.66. The number of carbonyl (C=O) groups excluding carboxylic acids is 1. The first kappa shape index (κ1) is 18.2. The maximum absolute atomic E-state index is 12.5. The number of rotatable bonds is 7. The molecule has 0 unspecified atom stereocenters. The summed E-state index contributed by atoms with van der Waals surface area (Å²) in [6.45, 7) is 4.15. The Hall–Kier alpha value is -2.19. The largest absolute Gasteiger partial charge is 0.360 e.